The molecule has 2 atom stereocenters. The fraction of sp³-hybridized carbons (Fsp3) is 0.478. The van der Waals surface area contributed by atoms with Crippen molar-refractivity contribution in [1.82, 2.24) is 25.3 Å². The molecule has 2 aromatic heterocycles. The number of nitrogens with zero attached hydrogens (tertiary/aromatic N) is 4. The molecule has 2 heterocycles. The summed E-state index contributed by atoms with van der Waals surface area (Å²) in [6.07, 6.45) is -3.59. The first-order chi connectivity index (χ1) is 31.5. The number of ether oxygens (including phenoxy) is 4. The maximum absolute atomic E-state index is 13.8. The van der Waals surface area contributed by atoms with Crippen molar-refractivity contribution in [3.8, 4) is 0 Å². The highest BCUT2D eigenvalue weighted by atomic mass is 19.4. The number of nitrogens with one attached hydrogen (secondary N) is 3. The van der Waals surface area contributed by atoms with Crippen LogP contribution in [0.2, 0.25) is 0 Å². The number of aromatic nitrogens is 4. The molecule has 0 aliphatic heterocycles. The number of fused-ring (bicyclic) bond motifs is 1. The van der Waals surface area contributed by atoms with E-state index in [4.69, 9.17) is 18.9 Å². The quantitative estimate of drug-likeness (QED) is 0.0432. The monoisotopic (exact) mass is 939 g/mol. The lowest BCUT2D eigenvalue weighted by molar-refractivity contribution is -0.278. The number of alkyl halides is 3. The highest BCUT2D eigenvalue weighted by Crippen LogP contribution is 2.35. The fourth-order valence-corrected chi connectivity index (χ4v) is 6.11. The normalized spacial score (nSPS) is 13.1. The number of esters is 2. The summed E-state index contributed by atoms with van der Waals surface area (Å²) in [6, 6.07) is 12.5. The summed E-state index contributed by atoms with van der Waals surface area (Å²) in [5.41, 5.74) is -1.65. The zero-order valence-electron chi connectivity index (χ0n) is 38.4. The Bertz CT molecular complexity index is 2420. The predicted octanol–water partition coefficient (Wildman–Crippen LogP) is 6.12. The van der Waals surface area contributed by atoms with Crippen LogP contribution in [-0.2, 0) is 56.1 Å². The summed E-state index contributed by atoms with van der Waals surface area (Å²) < 4.78 is 63.9. The number of anilines is 2. The molecule has 0 saturated carbocycles. The Balaban J connectivity index is 1.31. The number of ketones is 1. The van der Waals surface area contributed by atoms with Crippen molar-refractivity contribution in [1.29, 1.82) is 0 Å². The zero-order chi connectivity index (χ0) is 49.5. The van der Waals surface area contributed by atoms with Crippen LogP contribution in [0.1, 0.15) is 102 Å². The Morgan fingerprint density at radius 1 is 0.851 bits per heavy atom. The molecule has 0 saturated heterocycles. The van der Waals surface area contributed by atoms with E-state index in [9.17, 15) is 46.7 Å². The molecule has 21 heteroatoms. The number of amides is 3. The smallest absolute Gasteiger partial charge is 0.467 e. The number of hydrogen-bond donors (Lipinski definition) is 3. The van der Waals surface area contributed by atoms with E-state index >= 15 is 0 Å². The van der Waals surface area contributed by atoms with Crippen molar-refractivity contribution in [3.05, 3.63) is 88.0 Å². The SMILES string of the molecule is COC(=O)[C@H](CCC(=O)CCCOC(C)(OCCCC(=O)OCc1ccccc1)C(C)(C)C)NC(=O)c1ccc(N(Cc2cnc3nc(NC(=O)C(C)C)[nH]c(=O)c3n2)C(=O)C(F)(F)F)cc1. The summed E-state index contributed by atoms with van der Waals surface area (Å²) >= 11 is 0. The van der Waals surface area contributed by atoms with Gasteiger partial charge in [0.2, 0.25) is 11.9 Å². The number of H-pyrrole nitrogens is 1. The van der Waals surface area contributed by atoms with Gasteiger partial charge in [-0.05, 0) is 56.0 Å². The van der Waals surface area contributed by atoms with Gasteiger partial charge in [-0.1, -0.05) is 65.0 Å². The third-order valence-electron chi connectivity index (χ3n) is 10.5. The Labute approximate surface area is 384 Å². The molecule has 3 N–H and O–H groups in total. The van der Waals surface area contributed by atoms with Crippen LogP contribution in [0.4, 0.5) is 24.8 Å². The highest BCUT2D eigenvalue weighted by Gasteiger charge is 2.43. The Morgan fingerprint density at radius 2 is 1.49 bits per heavy atom. The lowest BCUT2D eigenvalue weighted by Crippen LogP contribution is -2.45. The van der Waals surface area contributed by atoms with Gasteiger partial charge >= 0.3 is 24.0 Å². The van der Waals surface area contributed by atoms with Gasteiger partial charge in [-0.3, -0.25) is 44.0 Å². The standard InChI is InChI=1S/C46H56F3N7O11/c1-28(2)38(59)54-43-53-37-36(40(61)55-43)51-31(25-50-37)26-56(42(63)46(47,48)49)32-19-17-30(18-20-32)39(60)52-34(41(62)64-7)22-21-33(57)15-11-23-66-45(6,44(3,4)5)67-24-12-16-35(58)65-27-29-13-9-8-10-14-29/h8-10,13-14,17-20,25,28,34H,11-12,15-16,21-24,26-27H2,1-7H3,(H,52,60)(H2,50,53,54,55,59,61)/t34-,45?/m0/s1. The number of methoxy groups -OCH3 is 1. The van der Waals surface area contributed by atoms with Crippen LogP contribution in [0.15, 0.2) is 65.6 Å². The number of halogens is 3. The van der Waals surface area contributed by atoms with E-state index in [-0.39, 0.29) is 91.3 Å². The molecular weight excluding hydrogens is 884 g/mol. The average molecular weight is 940 g/mol. The number of Topliss-reactive ketones (excluding diaryl/α,β-unsaturated/α-hetero) is 1. The van der Waals surface area contributed by atoms with E-state index in [0.717, 1.165) is 43.1 Å². The lowest BCUT2D eigenvalue weighted by atomic mass is 9.86. The highest BCUT2D eigenvalue weighted by molar-refractivity contribution is 5.99. The van der Waals surface area contributed by atoms with Crippen LogP contribution in [0.3, 0.4) is 0 Å². The van der Waals surface area contributed by atoms with Gasteiger partial charge in [0.15, 0.2) is 17.0 Å². The van der Waals surface area contributed by atoms with Crippen LogP contribution in [0.25, 0.3) is 11.2 Å². The Hall–Kier alpha value is -6.61. The maximum Gasteiger partial charge on any atom is 0.471 e. The third-order valence-corrected chi connectivity index (χ3v) is 10.5. The second-order valence-electron chi connectivity index (χ2n) is 16.9. The number of aromatic amines is 1. The molecule has 0 aliphatic carbocycles. The number of hydrogen-bond acceptors (Lipinski definition) is 14. The largest absolute Gasteiger partial charge is 0.471 e. The molecule has 67 heavy (non-hydrogen) atoms. The topological polar surface area (TPSA) is 238 Å². The third kappa shape index (κ3) is 15.8. The summed E-state index contributed by atoms with van der Waals surface area (Å²) in [5.74, 6) is -6.67. The minimum absolute atomic E-state index is 0.0844. The Kier molecular flexibility index (Phi) is 18.8. The van der Waals surface area contributed by atoms with E-state index in [2.05, 4.69) is 30.6 Å². The van der Waals surface area contributed by atoms with Gasteiger partial charge in [0, 0.05) is 41.8 Å². The molecule has 2 aromatic carbocycles. The maximum atomic E-state index is 13.8. The van der Waals surface area contributed by atoms with Gasteiger partial charge in [0.1, 0.15) is 18.4 Å². The van der Waals surface area contributed by atoms with Crippen molar-refractivity contribution in [3.63, 3.8) is 0 Å². The first-order valence-electron chi connectivity index (χ1n) is 21.4. The van der Waals surface area contributed by atoms with Crippen molar-refractivity contribution in [2.45, 2.75) is 111 Å². The molecular formula is C46H56F3N7O11. The second kappa shape index (κ2) is 23.7. The Morgan fingerprint density at radius 3 is 2.09 bits per heavy atom. The molecule has 0 radical (unpaired) electrons. The van der Waals surface area contributed by atoms with Crippen LogP contribution in [-0.4, -0.2) is 93.7 Å². The summed E-state index contributed by atoms with van der Waals surface area (Å²) in [6.45, 7) is 10.6. The van der Waals surface area contributed by atoms with Crippen molar-refractivity contribution < 1.29 is 60.9 Å². The van der Waals surface area contributed by atoms with E-state index in [0.29, 0.717) is 17.7 Å². The van der Waals surface area contributed by atoms with Gasteiger partial charge in [0.05, 0.1) is 38.8 Å². The molecule has 1 unspecified atom stereocenters. The van der Waals surface area contributed by atoms with E-state index in [1.54, 1.807) is 20.8 Å². The van der Waals surface area contributed by atoms with Crippen molar-refractivity contribution in [2.24, 2.45) is 11.3 Å². The molecule has 4 rings (SSSR count). The summed E-state index contributed by atoms with van der Waals surface area (Å²) in [7, 11) is 1.10. The fourth-order valence-electron chi connectivity index (χ4n) is 6.11. The van der Waals surface area contributed by atoms with E-state index < -0.39 is 65.1 Å². The van der Waals surface area contributed by atoms with Gasteiger partial charge in [-0.2, -0.15) is 18.2 Å². The predicted molar refractivity (Wildman–Crippen MR) is 237 cm³/mol. The average Bonchev–Trinajstić information content (AvgIpc) is 3.28. The lowest BCUT2D eigenvalue weighted by Gasteiger charge is -2.41. The molecule has 4 aromatic rings. The van der Waals surface area contributed by atoms with E-state index in [1.807, 2.05) is 51.1 Å². The van der Waals surface area contributed by atoms with Gasteiger partial charge in [-0.25, -0.2) is 14.8 Å². The number of carbonyl (C=O) groups is 6. The first kappa shape index (κ1) is 53.0. The zero-order valence-corrected chi connectivity index (χ0v) is 38.4. The first-order valence-corrected chi connectivity index (χ1v) is 21.4. The summed E-state index contributed by atoms with van der Waals surface area (Å²) in [4.78, 5) is 103. The van der Waals surface area contributed by atoms with Gasteiger partial charge in [0.25, 0.3) is 11.5 Å². The van der Waals surface area contributed by atoms with Gasteiger partial charge in [-0.15, -0.1) is 0 Å². The minimum Gasteiger partial charge on any atom is -0.467 e. The summed E-state index contributed by atoms with van der Waals surface area (Å²) in [5, 5.41) is 4.90. The number of benzene rings is 2. The molecule has 0 bridgehead atoms. The molecule has 18 nitrogen and oxygen atoms in total. The van der Waals surface area contributed by atoms with Crippen LogP contribution in [0.5, 0.6) is 0 Å². The minimum atomic E-state index is -5.34. The molecule has 362 valence electrons. The van der Waals surface area contributed by atoms with Gasteiger partial charge < -0.3 is 24.3 Å². The number of rotatable bonds is 23. The molecule has 0 aliphatic rings. The molecule has 0 spiro atoms. The van der Waals surface area contributed by atoms with Crippen molar-refractivity contribution in [2.75, 3.05) is 30.5 Å². The van der Waals surface area contributed by atoms with Crippen LogP contribution < -0.4 is 21.1 Å². The van der Waals surface area contributed by atoms with Crippen LogP contribution >= 0.6 is 0 Å². The van der Waals surface area contributed by atoms with E-state index in [1.165, 1.54) is 0 Å². The molecule has 0 fully saturated rings. The van der Waals surface area contributed by atoms with Crippen molar-refractivity contribution >= 4 is 58.2 Å². The second-order valence-corrected chi connectivity index (χ2v) is 16.9. The van der Waals surface area contributed by atoms with Crippen LogP contribution in [0, 0.1) is 11.3 Å². The molecule has 3 amide bonds. The number of carbonyl (C=O) groups excluding carboxylic acids is 6.